The predicted octanol–water partition coefficient (Wildman–Crippen LogP) is 2.93. The second-order valence-electron chi connectivity index (χ2n) is 4.62. The lowest BCUT2D eigenvalue weighted by Crippen LogP contribution is -2.29. The minimum absolute atomic E-state index is 0.662. The molecule has 4 heteroatoms. The maximum absolute atomic E-state index is 5.89. The normalized spacial score (nSPS) is 11.1. The Morgan fingerprint density at radius 1 is 1.21 bits per heavy atom. The number of hydrogen-bond acceptors (Lipinski definition) is 2. The van der Waals surface area contributed by atoms with E-state index in [-0.39, 0.29) is 0 Å². The van der Waals surface area contributed by atoms with Gasteiger partial charge < -0.3 is 4.57 Å². The molecule has 0 N–H and O–H groups in total. The minimum atomic E-state index is 0.662. The van der Waals surface area contributed by atoms with Crippen molar-refractivity contribution in [2.45, 2.75) is 20.0 Å². The molecule has 2 rings (SSSR count). The Kier molecular flexibility index (Phi) is 5.43. The fourth-order valence-electron chi connectivity index (χ4n) is 2.12. The van der Waals surface area contributed by atoms with Crippen molar-refractivity contribution in [3.05, 3.63) is 54.1 Å². The molecule has 0 spiro atoms. The lowest BCUT2D eigenvalue weighted by Gasteiger charge is -2.21. The summed E-state index contributed by atoms with van der Waals surface area (Å²) in [7, 11) is 0. The highest BCUT2D eigenvalue weighted by Gasteiger charge is 2.06. The zero-order valence-electron chi connectivity index (χ0n) is 11.3. The molecule has 102 valence electrons. The zero-order valence-corrected chi connectivity index (χ0v) is 12.1. The predicted molar refractivity (Wildman–Crippen MR) is 79.4 cm³/mol. The van der Waals surface area contributed by atoms with Crippen molar-refractivity contribution < 1.29 is 0 Å². The third-order valence-electron chi connectivity index (χ3n) is 3.23. The fraction of sp³-hybridized carbons (Fsp3) is 0.400. The Labute approximate surface area is 119 Å². The molecule has 19 heavy (non-hydrogen) atoms. The highest BCUT2D eigenvalue weighted by Crippen LogP contribution is 2.05. The van der Waals surface area contributed by atoms with E-state index in [2.05, 4.69) is 38.7 Å². The van der Waals surface area contributed by atoms with Gasteiger partial charge in [-0.15, -0.1) is 11.6 Å². The van der Waals surface area contributed by atoms with Gasteiger partial charge in [0.2, 0.25) is 0 Å². The van der Waals surface area contributed by atoms with E-state index in [1.165, 1.54) is 5.56 Å². The second kappa shape index (κ2) is 7.31. The molecule has 0 aliphatic heterocycles. The molecule has 0 saturated carbocycles. The average molecular weight is 278 g/mol. The Balaban J connectivity index is 1.91. The molecular weight excluding hydrogens is 258 g/mol. The van der Waals surface area contributed by atoms with Gasteiger partial charge in [0, 0.05) is 44.5 Å². The summed E-state index contributed by atoms with van der Waals surface area (Å²) in [4.78, 5) is 6.62. The van der Waals surface area contributed by atoms with E-state index < -0.39 is 0 Å². The molecular formula is C15H20ClN3. The van der Waals surface area contributed by atoms with E-state index >= 15 is 0 Å². The molecule has 0 aliphatic rings. The van der Waals surface area contributed by atoms with Crippen LogP contribution in [0.3, 0.4) is 0 Å². The number of benzene rings is 1. The lowest BCUT2D eigenvalue weighted by atomic mass is 10.2. The Morgan fingerprint density at radius 2 is 2.00 bits per heavy atom. The summed E-state index contributed by atoms with van der Waals surface area (Å²) in [5, 5.41) is 0. The summed E-state index contributed by atoms with van der Waals surface area (Å²) in [6, 6.07) is 10.5. The van der Waals surface area contributed by atoms with Gasteiger partial charge in [-0.2, -0.15) is 0 Å². The SMILES string of the molecule is Cc1nccn1CCN(CCCl)Cc1ccccc1. The molecule has 1 heterocycles. The van der Waals surface area contributed by atoms with E-state index in [0.29, 0.717) is 5.88 Å². The van der Waals surface area contributed by atoms with Crippen LogP contribution < -0.4 is 0 Å². The Bertz CT molecular complexity index is 481. The summed E-state index contributed by atoms with van der Waals surface area (Å²) in [5.74, 6) is 1.72. The molecule has 0 radical (unpaired) electrons. The molecule has 0 amide bonds. The van der Waals surface area contributed by atoms with Crippen LogP contribution in [-0.4, -0.2) is 33.4 Å². The number of halogens is 1. The first-order valence-electron chi connectivity index (χ1n) is 6.59. The number of nitrogens with zero attached hydrogens (tertiary/aromatic N) is 3. The molecule has 0 atom stereocenters. The molecule has 1 aromatic heterocycles. The van der Waals surface area contributed by atoms with Crippen molar-refractivity contribution in [1.82, 2.24) is 14.5 Å². The van der Waals surface area contributed by atoms with Crippen LogP contribution in [0.5, 0.6) is 0 Å². The van der Waals surface area contributed by atoms with Crippen LogP contribution in [0.25, 0.3) is 0 Å². The van der Waals surface area contributed by atoms with Gasteiger partial charge in [0.25, 0.3) is 0 Å². The summed E-state index contributed by atoms with van der Waals surface area (Å²) in [5.41, 5.74) is 1.33. The molecule has 2 aromatic rings. The van der Waals surface area contributed by atoms with Crippen molar-refractivity contribution in [2.24, 2.45) is 0 Å². The van der Waals surface area contributed by atoms with E-state index in [1.54, 1.807) is 0 Å². The smallest absolute Gasteiger partial charge is 0.105 e. The largest absolute Gasteiger partial charge is 0.334 e. The number of rotatable bonds is 7. The molecule has 0 unspecified atom stereocenters. The Morgan fingerprint density at radius 3 is 2.63 bits per heavy atom. The van der Waals surface area contributed by atoms with Crippen molar-refractivity contribution in [1.29, 1.82) is 0 Å². The van der Waals surface area contributed by atoms with Gasteiger partial charge in [0.15, 0.2) is 0 Å². The zero-order chi connectivity index (χ0) is 13.5. The third kappa shape index (κ3) is 4.37. The molecule has 0 saturated heterocycles. The number of hydrogen-bond donors (Lipinski definition) is 0. The van der Waals surface area contributed by atoms with E-state index in [4.69, 9.17) is 11.6 Å². The van der Waals surface area contributed by atoms with Crippen molar-refractivity contribution >= 4 is 11.6 Å². The van der Waals surface area contributed by atoms with Gasteiger partial charge in [0.05, 0.1) is 0 Å². The van der Waals surface area contributed by atoms with Gasteiger partial charge >= 0.3 is 0 Å². The average Bonchev–Trinajstić information content (AvgIpc) is 2.83. The first-order chi connectivity index (χ1) is 9.29. The maximum Gasteiger partial charge on any atom is 0.105 e. The van der Waals surface area contributed by atoms with Crippen molar-refractivity contribution in [3.8, 4) is 0 Å². The van der Waals surface area contributed by atoms with Crippen LogP contribution in [-0.2, 0) is 13.1 Å². The first-order valence-corrected chi connectivity index (χ1v) is 7.13. The van der Waals surface area contributed by atoms with E-state index in [9.17, 15) is 0 Å². The number of aryl methyl sites for hydroxylation is 1. The van der Waals surface area contributed by atoms with Crippen molar-refractivity contribution in [3.63, 3.8) is 0 Å². The van der Waals surface area contributed by atoms with E-state index in [0.717, 1.165) is 32.0 Å². The molecule has 1 aromatic carbocycles. The number of imidazole rings is 1. The summed E-state index contributed by atoms with van der Waals surface area (Å²) in [6.45, 7) is 5.82. The first kappa shape index (κ1) is 14.1. The van der Waals surface area contributed by atoms with Crippen molar-refractivity contribution in [2.75, 3.05) is 19.0 Å². The standard InChI is InChI=1S/C15H20ClN3/c1-14-17-8-10-19(14)12-11-18(9-7-16)13-15-5-3-2-4-6-15/h2-6,8,10H,7,9,11-13H2,1H3. The lowest BCUT2D eigenvalue weighted by molar-refractivity contribution is 0.269. The van der Waals surface area contributed by atoms with Crippen LogP contribution in [0.2, 0.25) is 0 Å². The third-order valence-corrected chi connectivity index (χ3v) is 3.40. The van der Waals surface area contributed by atoms with Gasteiger partial charge in [0.1, 0.15) is 5.82 Å². The fourth-order valence-corrected chi connectivity index (χ4v) is 2.36. The van der Waals surface area contributed by atoms with Gasteiger partial charge in [-0.25, -0.2) is 4.98 Å². The number of alkyl halides is 1. The topological polar surface area (TPSA) is 21.1 Å². The summed E-state index contributed by atoms with van der Waals surface area (Å²) < 4.78 is 2.17. The molecule has 0 bridgehead atoms. The molecule has 0 aliphatic carbocycles. The molecule has 3 nitrogen and oxygen atoms in total. The van der Waals surface area contributed by atoms with Crippen LogP contribution in [0.4, 0.5) is 0 Å². The number of aromatic nitrogens is 2. The van der Waals surface area contributed by atoms with E-state index in [1.807, 2.05) is 25.4 Å². The monoisotopic (exact) mass is 277 g/mol. The van der Waals surface area contributed by atoms with Crippen LogP contribution in [0.15, 0.2) is 42.7 Å². The quantitative estimate of drug-likeness (QED) is 0.726. The maximum atomic E-state index is 5.89. The highest BCUT2D eigenvalue weighted by molar-refractivity contribution is 6.18. The van der Waals surface area contributed by atoms with Gasteiger partial charge in [-0.05, 0) is 12.5 Å². The second-order valence-corrected chi connectivity index (χ2v) is 5.00. The van der Waals surface area contributed by atoms with Crippen LogP contribution in [0.1, 0.15) is 11.4 Å². The highest BCUT2D eigenvalue weighted by atomic mass is 35.5. The summed E-state index contributed by atoms with van der Waals surface area (Å²) in [6.07, 6.45) is 3.87. The molecule has 0 fully saturated rings. The summed E-state index contributed by atoms with van der Waals surface area (Å²) >= 11 is 5.89. The minimum Gasteiger partial charge on any atom is -0.334 e. The van der Waals surface area contributed by atoms with Crippen LogP contribution in [0, 0.1) is 6.92 Å². The van der Waals surface area contributed by atoms with Gasteiger partial charge in [-0.1, -0.05) is 30.3 Å². The van der Waals surface area contributed by atoms with Gasteiger partial charge in [-0.3, -0.25) is 4.90 Å². The Hall–Kier alpha value is -1.32. The van der Waals surface area contributed by atoms with Crippen LogP contribution >= 0.6 is 11.6 Å².